The molecule has 4 nitrogen and oxygen atoms in total. The highest BCUT2D eigenvalue weighted by atomic mass is 16.1. The van der Waals surface area contributed by atoms with Crippen LogP contribution in [0.25, 0.3) is 10.9 Å². The van der Waals surface area contributed by atoms with Crippen LogP contribution in [0.15, 0.2) is 29.6 Å². The average molecular weight is 203 g/mol. The lowest BCUT2D eigenvalue weighted by atomic mass is 10.1. The summed E-state index contributed by atoms with van der Waals surface area (Å²) in [7, 11) is 0. The molecule has 0 amide bonds. The van der Waals surface area contributed by atoms with E-state index >= 15 is 0 Å². The summed E-state index contributed by atoms with van der Waals surface area (Å²) in [6.45, 7) is 5.93. The zero-order chi connectivity index (χ0) is 11.1. The van der Waals surface area contributed by atoms with Gasteiger partial charge in [0.2, 0.25) is 0 Å². The third kappa shape index (κ3) is 1.63. The molecule has 0 atom stereocenters. The molecule has 0 aliphatic rings. The van der Waals surface area contributed by atoms with Crippen LogP contribution in [0, 0.1) is 0 Å². The second-order valence-electron chi connectivity index (χ2n) is 4.48. The van der Waals surface area contributed by atoms with E-state index in [1.165, 1.54) is 0 Å². The number of hydrogen-bond acceptors (Lipinski definition) is 3. The van der Waals surface area contributed by atoms with Gasteiger partial charge in [-0.2, -0.15) is 0 Å². The van der Waals surface area contributed by atoms with Crippen LogP contribution in [0.2, 0.25) is 0 Å². The first-order chi connectivity index (χ1) is 7.00. The quantitative estimate of drug-likeness (QED) is 0.652. The molecule has 0 N–H and O–H groups in total. The van der Waals surface area contributed by atoms with E-state index in [4.69, 9.17) is 0 Å². The van der Waals surface area contributed by atoms with Crippen molar-refractivity contribution in [3.63, 3.8) is 0 Å². The fraction of sp³-hybridized carbons (Fsp3) is 0.364. The van der Waals surface area contributed by atoms with Gasteiger partial charge in [0.15, 0.2) is 0 Å². The fourth-order valence-electron chi connectivity index (χ4n) is 1.45. The molecule has 2 rings (SSSR count). The van der Waals surface area contributed by atoms with Gasteiger partial charge in [0.1, 0.15) is 0 Å². The third-order valence-electron chi connectivity index (χ3n) is 2.28. The molecular weight excluding hydrogens is 190 g/mol. The third-order valence-corrected chi connectivity index (χ3v) is 2.28. The Bertz CT molecular complexity index is 551. The van der Waals surface area contributed by atoms with E-state index in [0.29, 0.717) is 10.9 Å². The topological polar surface area (TPSA) is 47.8 Å². The van der Waals surface area contributed by atoms with Gasteiger partial charge in [-0.25, -0.2) is 4.98 Å². The monoisotopic (exact) mass is 203 g/mol. The summed E-state index contributed by atoms with van der Waals surface area (Å²) in [5.41, 5.74) is 0.375. The van der Waals surface area contributed by atoms with E-state index in [1.807, 2.05) is 20.8 Å². The lowest BCUT2D eigenvalue weighted by molar-refractivity contribution is 0.382. The van der Waals surface area contributed by atoms with Gasteiger partial charge in [0.25, 0.3) is 5.56 Å². The Labute approximate surface area is 87.6 Å². The number of hydrogen-bond donors (Lipinski definition) is 0. The first-order valence-electron chi connectivity index (χ1n) is 4.82. The highest BCUT2D eigenvalue weighted by molar-refractivity contribution is 5.75. The van der Waals surface area contributed by atoms with Crippen molar-refractivity contribution in [1.82, 2.24) is 14.5 Å². The van der Waals surface area contributed by atoms with E-state index < -0.39 is 0 Å². The molecule has 0 saturated heterocycles. The van der Waals surface area contributed by atoms with Gasteiger partial charge < -0.3 is 0 Å². The Morgan fingerprint density at radius 2 is 2.07 bits per heavy atom. The standard InChI is InChI=1S/C11H13N3O/c1-11(2,3)14-7-13-9-6-12-5-4-8(9)10(14)15/h4-7H,1-3H3. The number of aromatic nitrogens is 3. The van der Waals surface area contributed by atoms with Crippen molar-refractivity contribution in [3.8, 4) is 0 Å². The largest absolute Gasteiger partial charge is 0.293 e. The van der Waals surface area contributed by atoms with Gasteiger partial charge in [-0.1, -0.05) is 0 Å². The van der Waals surface area contributed by atoms with E-state index in [-0.39, 0.29) is 11.1 Å². The minimum atomic E-state index is -0.248. The maximum absolute atomic E-state index is 12.1. The Morgan fingerprint density at radius 3 is 2.73 bits per heavy atom. The molecule has 0 unspecified atom stereocenters. The highest BCUT2D eigenvalue weighted by Crippen LogP contribution is 2.11. The van der Waals surface area contributed by atoms with Gasteiger partial charge in [0, 0.05) is 11.7 Å². The lowest BCUT2D eigenvalue weighted by Gasteiger charge is -2.21. The minimum absolute atomic E-state index is 0.0186. The lowest BCUT2D eigenvalue weighted by Crippen LogP contribution is -2.33. The highest BCUT2D eigenvalue weighted by Gasteiger charge is 2.15. The van der Waals surface area contributed by atoms with Crippen LogP contribution >= 0.6 is 0 Å². The van der Waals surface area contributed by atoms with E-state index in [0.717, 1.165) is 0 Å². The van der Waals surface area contributed by atoms with Crippen molar-refractivity contribution < 1.29 is 0 Å². The Balaban J connectivity index is 2.83. The number of fused-ring (bicyclic) bond motifs is 1. The Morgan fingerprint density at radius 1 is 1.33 bits per heavy atom. The summed E-state index contributed by atoms with van der Waals surface area (Å²) >= 11 is 0. The van der Waals surface area contributed by atoms with Crippen LogP contribution in [-0.4, -0.2) is 14.5 Å². The summed E-state index contributed by atoms with van der Waals surface area (Å²) in [6.07, 6.45) is 4.79. The molecular formula is C11H13N3O. The second-order valence-corrected chi connectivity index (χ2v) is 4.48. The van der Waals surface area contributed by atoms with Gasteiger partial charge in [-0.3, -0.25) is 14.3 Å². The molecule has 0 radical (unpaired) electrons. The van der Waals surface area contributed by atoms with Gasteiger partial charge >= 0.3 is 0 Å². The summed E-state index contributed by atoms with van der Waals surface area (Å²) in [4.78, 5) is 20.2. The van der Waals surface area contributed by atoms with Crippen molar-refractivity contribution in [2.24, 2.45) is 0 Å². The molecule has 0 aliphatic carbocycles. The van der Waals surface area contributed by atoms with E-state index in [2.05, 4.69) is 9.97 Å². The molecule has 4 heteroatoms. The normalized spacial score (nSPS) is 11.9. The van der Waals surface area contributed by atoms with Crippen LogP contribution in [0.3, 0.4) is 0 Å². The zero-order valence-corrected chi connectivity index (χ0v) is 9.06. The minimum Gasteiger partial charge on any atom is -0.293 e. The predicted molar refractivity (Wildman–Crippen MR) is 58.8 cm³/mol. The molecule has 0 bridgehead atoms. The van der Waals surface area contributed by atoms with Crippen LogP contribution < -0.4 is 5.56 Å². The maximum Gasteiger partial charge on any atom is 0.261 e. The van der Waals surface area contributed by atoms with Crippen LogP contribution in [0.1, 0.15) is 20.8 Å². The summed E-state index contributed by atoms with van der Waals surface area (Å²) in [5.74, 6) is 0. The maximum atomic E-state index is 12.1. The number of nitrogens with zero attached hydrogens (tertiary/aromatic N) is 3. The molecule has 2 aromatic heterocycles. The molecule has 0 fully saturated rings. The molecule has 0 aliphatic heterocycles. The first kappa shape index (κ1) is 9.83. The van der Waals surface area contributed by atoms with Crippen molar-refractivity contribution in [2.75, 3.05) is 0 Å². The Kier molecular flexibility index (Phi) is 2.07. The van der Waals surface area contributed by atoms with Crippen LogP contribution in [0.4, 0.5) is 0 Å². The predicted octanol–water partition coefficient (Wildman–Crippen LogP) is 1.55. The molecule has 78 valence electrons. The smallest absolute Gasteiger partial charge is 0.261 e. The summed E-state index contributed by atoms with van der Waals surface area (Å²) in [6, 6.07) is 1.70. The second kappa shape index (κ2) is 3.15. The zero-order valence-electron chi connectivity index (χ0n) is 9.06. The van der Waals surface area contributed by atoms with Crippen molar-refractivity contribution in [2.45, 2.75) is 26.3 Å². The number of rotatable bonds is 0. The molecule has 2 heterocycles. The first-order valence-corrected chi connectivity index (χ1v) is 4.82. The molecule has 0 aromatic carbocycles. The van der Waals surface area contributed by atoms with Crippen molar-refractivity contribution in [3.05, 3.63) is 35.1 Å². The molecule has 2 aromatic rings. The van der Waals surface area contributed by atoms with Crippen molar-refractivity contribution in [1.29, 1.82) is 0 Å². The van der Waals surface area contributed by atoms with Gasteiger partial charge in [-0.05, 0) is 26.8 Å². The SMILES string of the molecule is CC(C)(C)n1cnc2cnccc2c1=O. The van der Waals surface area contributed by atoms with Crippen molar-refractivity contribution >= 4 is 10.9 Å². The summed E-state index contributed by atoms with van der Waals surface area (Å²) < 4.78 is 1.63. The Hall–Kier alpha value is -1.71. The molecule has 15 heavy (non-hydrogen) atoms. The van der Waals surface area contributed by atoms with Gasteiger partial charge in [0.05, 0.1) is 23.4 Å². The van der Waals surface area contributed by atoms with E-state index in [1.54, 1.807) is 29.4 Å². The average Bonchev–Trinajstić information content (AvgIpc) is 2.16. The van der Waals surface area contributed by atoms with Gasteiger partial charge in [-0.15, -0.1) is 0 Å². The fourth-order valence-corrected chi connectivity index (χ4v) is 1.45. The molecule has 0 saturated carbocycles. The number of pyridine rings is 1. The molecule has 0 spiro atoms. The summed E-state index contributed by atoms with van der Waals surface area (Å²) in [5, 5.41) is 0.613. The van der Waals surface area contributed by atoms with E-state index in [9.17, 15) is 4.79 Å². The van der Waals surface area contributed by atoms with Crippen LogP contribution in [-0.2, 0) is 5.54 Å². The van der Waals surface area contributed by atoms with Crippen LogP contribution in [0.5, 0.6) is 0 Å².